The second-order valence-electron chi connectivity index (χ2n) is 8.71. The van der Waals surface area contributed by atoms with Crippen LogP contribution in [0.2, 0.25) is 0 Å². The number of nitrogens with zero attached hydrogens (tertiary/aromatic N) is 2. The molecule has 2 amide bonds. The molecule has 0 radical (unpaired) electrons. The molecule has 1 aliphatic carbocycles. The number of benzene rings is 2. The van der Waals surface area contributed by atoms with Crippen molar-refractivity contribution < 1.29 is 9.53 Å². The first kappa shape index (κ1) is 19.8. The molecule has 2 aliphatic rings. The second kappa shape index (κ2) is 8.07. The Morgan fingerprint density at radius 2 is 1.83 bits per heavy atom. The molecule has 1 atom stereocenters. The molecule has 0 spiro atoms. The molecule has 5 nitrogen and oxygen atoms in total. The quantitative estimate of drug-likeness (QED) is 0.857. The standard InChI is InChI=1S/C24H31N3O2/c1-24(2)21-7-5-4-6-19(21)16-22(24)25-20-10-8-18(9-11-20)17-26(3)23(28)27-12-14-29-15-13-27/h4-11,22,25H,12-17H2,1-3H3/t22-/m0/s1. The zero-order valence-corrected chi connectivity index (χ0v) is 17.6. The van der Waals surface area contributed by atoms with E-state index >= 15 is 0 Å². The summed E-state index contributed by atoms with van der Waals surface area (Å²) in [7, 11) is 1.86. The number of anilines is 1. The van der Waals surface area contributed by atoms with Crippen LogP contribution in [0.25, 0.3) is 0 Å². The lowest BCUT2D eigenvalue weighted by Gasteiger charge is -2.31. The number of nitrogens with one attached hydrogen (secondary N) is 1. The maximum absolute atomic E-state index is 12.6. The van der Waals surface area contributed by atoms with Crippen LogP contribution >= 0.6 is 0 Å². The number of carbonyl (C=O) groups is 1. The van der Waals surface area contributed by atoms with E-state index in [1.54, 1.807) is 4.90 Å². The Labute approximate surface area is 173 Å². The van der Waals surface area contributed by atoms with Crippen molar-refractivity contribution in [3.63, 3.8) is 0 Å². The molecular weight excluding hydrogens is 362 g/mol. The average molecular weight is 394 g/mol. The maximum Gasteiger partial charge on any atom is 0.320 e. The second-order valence-corrected chi connectivity index (χ2v) is 8.71. The molecule has 0 bridgehead atoms. The molecule has 154 valence electrons. The van der Waals surface area contributed by atoms with Gasteiger partial charge in [-0.2, -0.15) is 0 Å². The van der Waals surface area contributed by atoms with Crippen LogP contribution in [0, 0.1) is 0 Å². The zero-order valence-electron chi connectivity index (χ0n) is 17.6. The molecule has 1 fully saturated rings. The van der Waals surface area contributed by atoms with E-state index in [2.05, 4.69) is 67.7 Å². The smallest absolute Gasteiger partial charge is 0.320 e. The SMILES string of the molecule is CN(Cc1ccc(N[C@H]2Cc3ccccc3C2(C)C)cc1)C(=O)N1CCOCC1. The summed E-state index contributed by atoms with van der Waals surface area (Å²) in [5.74, 6) is 0. The zero-order chi connectivity index (χ0) is 20.4. The summed E-state index contributed by atoms with van der Waals surface area (Å²) in [6.45, 7) is 7.84. The van der Waals surface area contributed by atoms with E-state index in [0.717, 1.165) is 17.7 Å². The van der Waals surface area contributed by atoms with Crippen molar-refractivity contribution in [1.29, 1.82) is 0 Å². The van der Waals surface area contributed by atoms with Crippen LogP contribution in [0.4, 0.5) is 10.5 Å². The summed E-state index contributed by atoms with van der Waals surface area (Å²) in [6, 6.07) is 17.7. The molecule has 0 unspecified atom stereocenters. The molecule has 2 aromatic carbocycles. The van der Waals surface area contributed by atoms with Gasteiger partial charge in [0.2, 0.25) is 0 Å². The van der Waals surface area contributed by atoms with Crippen molar-refractivity contribution in [3.05, 3.63) is 65.2 Å². The molecule has 4 rings (SSSR count). The number of hydrogen-bond acceptors (Lipinski definition) is 3. The van der Waals surface area contributed by atoms with E-state index in [1.165, 1.54) is 11.1 Å². The van der Waals surface area contributed by atoms with E-state index in [0.29, 0.717) is 38.9 Å². The van der Waals surface area contributed by atoms with E-state index in [4.69, 9.17) is 4.74 Å². The Kier molecular flexibility index (Phi) is 5.50. The lowest BCUT2D eigenvalue weighted by atomic mass is 9.83. The highest BCUT2D eigenvalue weighted by Gasteiger charge is 2.38. The average Bonchev–Trinajstić information content (AvgIpc) is 2.99. The number of hydrogen-bond donors (Lipinski definition) is 1. The summed E-state index contributed by atoms with van der Waals surface area (Å²) in [4.78, 5) is 16.2. The molecule has 1 saturated heterocycles. The molecule has 2 aromatic rings. The lowest BCUT2D eigenvalue weighted by Crippen LogP contribution is -2.46. The molecule has 5 heteroatoms. The van der Waals surface area contributed by atoms with Crippen molar-refractivity contribution in [2.24, 2.45) is 0 Å². The number of ether oxygens (including phenoxy) is 1. The third-order valence-corrected chi connectivity index (χ3v) is 6.33. The molecule has 1 N–H and O–H groups in total. The Bertz CT molecular complexity index is 857. The third kappa shape index (κ3) is 4.10. The van der Waals surface area contributed by atoms with Crippen molar-refractivity contribution in [1.82, 2.24) is 9.80 Å². The van der Waals surface area contributed by atoms with Crippen molar-refractivity contribution in [2.75, 3.05) is 38.7 Å². The summed E-state index contributed by atoms with van der Waals surface area (Å²) in [5.41, 5.74) is 5.24. The van der Waals surface area contributed by atoms with Gasteiger partial charge in [-0.25, -0.2) is 4.79 Å². The Morgan fingerprint density at radius 3 is 2.52 bits per heavy atom. The van der Waals surface area contributed by atoms with Crippen LogP contribution in [-0.4, -0.2) is 55.2 Å². The van der Waals surface area contributed by atoms with Gasteiger partial charge in [0.15, 0.2) is 0 Å². The van der Waals surface area contributed by atoms with Crippen molar-refractivity contribution in [3.8, 4) is 0 Å². The number of carbonyl (C=O) groups excluding carboxylic acids is 1. The molecule has 1 aliphatic heterocycles. The van der Waals surface area contributed by atoms with E-state index in [9.17, 15) is 4.79 Å². The largest absolute Gasteiger partial charge is 0.381 e. The van der Waals surface area contributed by atoms with Gasteiger partial charge in [-0.1, -0.05) is 50.2 Å². The normalized spacial score (nSPS) is 20.2. The molecule has 29 heavy (non-hydrogen) atoms. The summed E-state index contributed by atoms with van der Waals surface area (Å²) >= 11 is 0. The van der Waals surface area contributed by atoms with Gasteiger partial charge in [0.05, 0.1) is 13.2 Å². The van der Waals surface area contributed by atoms with Gasteiger partial charge in [-0.05, 0) is 35.2 Å². The highest BCUT2D eigenvalue weighted by atomic mass is 16.5. The third-order valence-electron chi connectivity index (χ3n) is 6.33. The van der Waals surface area contributed by atoms with E-state index in [1.807, 2.05) is 11.9 Å². The lowest BCUT2D eigenvalue weighted by molar-refractivity contribution is 0.0448. The fourth-order valence-electron chi connectivity index (χ4n) is 4.47. The van der Waals surface area contributed by atoms with Crippen molar-refractivity contribution >= 4 is 11.7 Å². The van der Waals surface area contributed by atoms with Crippen LogP contribution in [0.15, 0.2) is 48.5 Å². The van der Waals surface area contributed by atoms with Gasteiger partial charge in [-0.3, -0.25) is 0 Å². The number of amides is 2. The highest BCUT2D eigenvalue weighted by molar-refractivity contribution is 5.74. The van der Waals surface area contributed by atoms with E-state index < -0.39 is 0 Å². The molecule has 0 aromatic heterocycles. The minimum atomic E-state index is 0.0703. The first-order valence-electron chi connectivity index (χ1n) is 10.5. The predicted octanol–water partition coefficient (Wildman–Crippen LogP) is 3.89. The van der Waals surface area contributed by atoms with Crippen LogP contribution in [0.1, 0.15) is 30.5 Å². The van der Waals surface area contributed by atoms with Crippen LogP contribution in [-0.2, 0) is 23.1 Å². The fraction of sp³-hybridized carbons (Fsp3) is 0.458. The van der Waals surface area contributed by atoms with Gasteiger partial charge in [0.1, 0.15) is 0 Å². The van der Waals surface area contributed by atoms with Gasteiger partial charge < -0.3 is 19.9 Å². The molecular formula is C24H31N3O2. The summed E-state index contributed by atoms with van der Waals surface area (Å²) in [6.07, 6.45) is 1.04. The number of urea groups is 1. The van der Waals surface area contributed by atoms with Crippen LogP contribution in [0.5, 0.6) is 0 Å². The fourth-order valence-corrected chi connectivity index (χ4v) is 4.47. The number of morpholine rings is 1. The Morgan fingerprint density at radius 1 is 1.14 bits per heavy atom. The Hall–Kier alpha value is -2.53. The number of rotatable bonds is 4. The van der Waals surface area contributed by atoms with Crippen LogP contribution in [0.3, 0.4) is 0 Å². The monoisotopic (exact) mass is 393 g/mol. The minimum absolute atomic E-state index is 0.0703. The maximum atomic E-state index is 12.6. The van der Waals surface area contributed by atoms with Gasteiger partial charge in [0.25, 0.3) is 0 Å². The Balaban J connectivity index is 1.37. The van der Waals surface area contributed by atoms with E-state index in [-0.39, 0.29) is 11.4 Å². The predicted molar refractivity (Wildman–Crippen MR) is 116 cm³/mol. The number of fused-ring (bicyclic) bond motifs is 1. The first-order chi connectivity index (χ1) is 13.9. The van der Waals surface area contributed by atoms with Crippen molar-refractivity contribution in [2.45, 2.75) is 38.3 Å². The molecule has 1 heterocycles. The summed E-state index contributed by atoms with van der Waals surface area (Å²) in [5, 5.41) is 3.73. The van der Waals surface area contributed by atoms with Gasteiger partial charge in [0, 0.05) is 43.8 Å². The van der Waals surface area contributed by atoms with Crippen LogP contribution < -0.4 is 5.32 Å². The summed E-state index contributed by atoms with van der Waals surface area (Å²) < 4.78 is 5.33. The topological polar surface area (TPSA) is 44.8 Å². The highest BCUT2D eigenvalue weighted by Crippen LogP contribution is 2.39. The first-order valence-corrected chi connectivity index (χ1v) is 10.5. The van der Waals surface area contributed by atoms with Gasteiger partial charge >= 0.3 is 6.03 Å². The van der Waals surface area contributed by atoms with Gasteiger partial charge in [-0.15, -0.1) is 0 Å². The molecule has 0 saturated carbocycles. The minimum Gasteiger partial charge on any atom is -0.381 e.